The van der Waals surface area contributed by atoms with Gasteiger partial charge in [0.2, 0.25) is 0 Å². The largest absolute Gasteiger partial charge is 0.353 e. The molecule has 1 saturated heterocycles. The van der Waals surface area contributed by atoms with E-state index in [0.29, 0.717) is 32.0 Å². The summed E-state index contributed by atoms with van der Waals surface area (Å²) in [6, 6.07) is 11.8. The Hall–Kier alpha value is -3.68. The van der Waals surface area contributed by atoms with Crippen LogP contribution in [0, 0.1) is 20.8 Å². The minimum atomic E-state index is -0.0674. The predicted molar refractivity (Wildman–Crippen MR) is 123 cm³/mol. The zero-order valence-corrected chi connectivity index (χ0v) is 18.1. The molecule has 0 radical (unpaired) electrons. The second kappa shape index (κ2) is 8.99. The maximum absolute atomic E-state index is 12.7. The number of carbonyl (C=O) groups is 1. The molecule has 1 aliphatic rings. The van der Waals surface area contributed by atoms with Crippen LogP contribution in [0.15, 0.2) is 48.9 Å². The molecule has 1 aromatic carbocycles. The van der Waals surface area contributed by atoms with Gasteiger partial charge in [0, 0.05) is 44.1 Å². The van der Waals surface area contributed by atoms with Crippen LogP contribution in [0.25, 0.3) is 0 Å². The first-order valence-electron chi connectivity index (χ1n) is 10.4. The van der Waals surface area contributed by atoms with E-state index in [0.717, 1.165) is 28.5 Å². The van der Waals surface area contributed by atoms with Crippen molar-refractivity contribution >= 4 is 29.2 Å². The first-order chi connectivity index (χ1) is 15.0. The minimum absolute atomic E-state index is 0.0674. The van der Waals surface area contributed by atoms with Crippen molar-refractivity contribution < 1.29 is 4.79 Å². The number of aryl methyl sites for hydroxylation is 3. The lowest BCUT2D eigenvalue weighted by molar-refractivity contribution is 0.208. The summed E-state index contributed by atoms with van der Waals surface area (Å²) in [5.74, 6) is 2.27. The van der Waals surface area contributed by atoms with Crippen LogP contribution in [0.3, 0.4) is 0 Å². The molecule has 0 unspecified atom stereocenters. The number of nitrogens with zero attached hydrogens (tertiary/aromatic N) is 5. The summed E-state index contributed by atoms with van der Waals surface area (Å²) in [4.78, 5) is 29.7. The summed E-state index contributed by atoms with van der Waals surface area (Å²) in [5, 5.41) is 6.25. The van der Waals surface area contributed by atoms with Gasteiger partial charge in [-0.1, -0.05) is 17.7 Å². The number of hydrogen-bond acceptors (Lipinski definition) is 6. The van der Waals surface area contributed by atoms with Gasteiger partial charge in [-0.2, -0.15) is 0 Å². The second-order valence-electron chi connectivity index (χ2n) is 7.83. The molecular weight excluding hydrogens is 390 g/mol. The van der Waals surface area contributed by atoms with Gasteiger partial charge in [-0.05, 0) is 50.1 Å². The van der Waals surface area contributed by atoms with Gasteiger partial charge >= 0.3 is 6.03 Å². The van der Waals surface area contributed by atoms with E-state index in [-0.39, 0.29) is 6.03 Å². The van der Waals surface area contributed by atoms with E-state index in [2.05, 4.69) is 36.6 Å². The highest BCUT2D eigenvalue weighted by Gasteiger charge is 2.22. The smallest absolute Gasteiger partial charge is 0.321 e. The van der Waals surface area contributed by atoms with Crippen LogP contribution in [0.1, 0.15) is 16.7 Å². The molecule has 2 aromatic heterocycles. The van der Waals surface area contributed by atoms with Crippen LogP contribution in [-0.4, -0.2) is 52.1 Å². The Morgan fingerprint density at radius 2 is 1.61 bits per heavy atom. The van der Waals surface area contributed by atoms with Crippen molar-refractivity contribution in [3.8, 4) is 0 Å². The third-order valence-corrected chi connectivity index (χ3v) is 5.34. The number of carbonyl (C=O) groups excluding carboxylic acids is 1. The van der Waals surface area contributed by atoms with Crippen LogP contribution < -0.4 is 15.5 Å². The fourth-order valence-corrected chi connectivity index (χ4v) is 3.61. The fraction of sp³-hybridized carbons (Fsp3) is 0.304. The number of rotatable bonds is 4. The lowest BCUT2D eigenvalue weighted by atomic mass is 10.1. The zero-order valence-electron chi connectivity index (χ0n) is 18.1. The normalized spacial score (nSPS) is 13.8. The van der Waals surface area contributed by atoms with Gasteiger partial charge in [-0.25, -0.2) is 19.7 Å². The number of piperazine rings is 1. The molecule has 8 nitrogen and oxygen atoms in total. The van der Waals surface area contributed by atoms with E-state index >= 15 is 0 Å². The first-order valence-corrected chi connectivity index (χ1v) is 10.4. The van der Waals surface area contributed by atoms with E-state index in [1.165, 1.54) is 5.56 Å². The van der Waals surface area contributed by atoms with Gasteiger partial charge in [-0.15, -0.1) is 0 Å². The number of urea groups is 1. The van der Waals surface area contributed by atoms with Gasteiger partial charge in [0.1, 0.15) is 23.8 Å². The fourth-order valence-electron chi connectivity index (χ4n) is 3.61. The highest BCUT2D eigenvalue weighted by atomic mass is 16.2. The molecule has 160 valence electrons. The summed E-state index contributed by atoms with van der Waals surface area (Å²) < 4.78 is 0. The third-order valence-electron chi connectivity index (χ3n) is 5.34. The van der Waals surface area contributed by atoms with Gasteiger partial charge in [0.25, 0.3) is 0 Å². The summed E-state index contributed by atoms with van der Waals surface area (Å²) in [6.07, 6.45) is 3.31. The van der Waals surface area contributed by atoms with Crippen LogP contribution >= 0.6 is 0 Å². The van der Waals surface area contributed by atoms with Crippen molar-refractivity contribution in [3.05, 3.63) is 65.6 Å². The summed E-state index contributed by atoms with van der Waals surface area (Å²) >= 11 is 0. The number of hydrogen-bond donors (Lipinski definition) is 2. The molecule has 4 rings (SSSR count). The SMILES string of the molecule is Cc1ccnc(Nc2cc(N3CCN(C(=O)Nc4ccc(C)cc4C)CC3)ncn2)c1. The van der Waals surface area contributed by atoms with E-state index < -0.39 is 0 Å². The second-order valence-corrected chi connectivity index (χ2v) is 7.83. The van der Waals surface area contributed by atoms with Gasteiger partial charge < -0.3 is 20.4 Å². The average molecular weight is 418 g/mol. The molecule has 0 saturated carbocycles. The predicted octanol–water partition coefficient (Wildman–Crippen LogP) is 3.89. The lowest BCUT2D eigenvalue weighted by Crippen LogP contribution is -2.50. The quantitative estimate of drug-likeness (QED) is 0.670. The minimum Gasteiger partial charge on any atom is -0.353 e. The van der Waals surface area contributed by atoms with Gasteiger partial charge in [0.15, 0.2) is 0 Å². The number of anilines is 4. The lowest BCUT2D eigenvalue weighted by Gasteiger charge is -2.35. The van der Waals surface area contributed by atoms with Crippen molar-refractivity contribution in [1.82, 2.24) is 19.9 Å². The number of benzene rings is 1. The number of aromatic nitrogens is 3. The number of pyridine rings is 1. The van der Waals surface area contributed by atoms with Crippen molar-refractivity contribution in [2.24, 2.45) is 0 Å². The molecule has 0 aliphatic carbocycles. The molecule has 3 heterocycles. The van der Waals surface area contributed by atoms with Crippen LogP contribution in [0.5, 0.6) is 0 Å². The molecule has 2 amide bonds. The molecule has 0 bridgehead atoms. The Kier molecular flexibility index (Phi) is 5.97. The Bertz CT molecular complexity index is 1080. The topological polar surface area (TPSA) is 86.3 Å². The monoisotopic (exact) mass is 417 g/mol. The zero-order chi connectivity index (χ0) is 21.8. The van der Waals surface area contributed by atoms with E-state index in [1.807, 2.05) is 56.0 Å². The Labute approximate surface area is 182 Å². The molecule has 0 atom stereocenters. The molecule has 1 aliphatic heterocycles. The molecule has 1 fully saturated rings. The molecule has 3 aromatic rings. The average Bonchev–Trinajstić information content (AvgIpc) is 2.76. The maximum Gasteiger partial charge on any atom is 0.321 e. The molecule has 2 N–H and O–H groups in total. The maximum atomic E-state index is 12.7. The van der Waals surface area contributed by atoms with E-state index in [1.54, 1.807) is 12.5 Å². The van der Waals surface area contributed by atoms with E-state index in [9.17, 15) is 4.79 Å². The van der Waals surface area contributed by atoms with Gasteiger partial charge in [0.05, 0.1) is 0 Å². The van der Waals surface area contributed by atoms with Crippen molar-refractivity contribution in [2.75, 3.05) is 41.7 Å². The van der Waals surface area contributed by atoms with Crippen LogP contribution in [0.2, 0.25) is 0 Å². The first kappa shape index (κ1) is 20.6. The van der Waals surface area contributed by atoms with Crippen molar-refractivity contribution in [2.45, 2.75) is 20.8 Å². The third kappa shape index (κ3) is 5.09. The standard InChI is InChI=1S/C23H27N7O/c1-16-4-5-19(18(3)12-16)27-23(31)30-10-8-29(9-11-30)22-14-21(25-15-26-22)28-20-13-17(2)6-7-24-20/h4-7,12-15H,8-11H2,1-3H3,(H,27,31)(H,24,25,26,28). The highest BCUT2D eigenvalue weighted by molar-refractivity contribution is 5.90. The molecule has 0 spiro atoms. The van der Waals surface area contributed by atoms with Crippen LogP contribution in [0.4, 0.5) is 27.9 Å². The Morgan fingerprint density at radius 1 is 0.871 bits per heavy atom. The van der Waals surface area contributed by atoms with Crippen molar-refractivity contribution in [1.29, 1.82) is 0 Å². The molecule has 31 heavy (non-hydrogen) atoms. The van der Waals surface area contributed by atoms with Gasteiger partial charge in [-0.3, -0.25) is 0 Å². The Morgan fingerprint density at radius 3 is 2.35 bits per heavy atom. The van der Waals surface area contributed by atoms with Crippen molar-refractivity contribution in [3.63, 3.8) is 0 Å². The Balaban J connectivity index is 1.35. The van der Waals surface area contributed by atoms with Crippen LogP contribution in [-0.2, 0) is 0 Å². The summed E-state index contributed by atoms with van der Waals surface area (Å²) in [7, 11) is 0. The molecule has 8 heteroatoms. The molecular formula is C23H27N7O. The highest BCUT2D eigenvalue weighted by Crippen LogP contribution is 2.20. The summed E-state index contributed by atoms with van der Waals surface area (Å²) in [5.41, 5.74) is 4.23. The van der Waals surface area contributed by atoms with E-state index in [4.69, 9.17) is 0 Å². The number of nitrogens with one attached hydrogen (secondary N) is 2. The number of amides is 2. The summed E-state index contributed by atoms with van der Waals surface area (Å²) in [6.45, 7) is 8.75.